The molecule has 7 nitrogen and oxygen atoms in total. The third-order valence-electron chi connectivity index (χ3n) is 4.17. The van der Waals surface area contributed by atoms with Gasteiger partial charge < -0.3 is 9.47 Å². The Morgan fingerprint density at radius 1 is 1.00 bits per heavy atom. The van der Waals surface area contributed by atoms with Crippen molar-refractivity contribution < 1.29 is 23.9 Å². The van der Waals surface area contributed by atoms with Gasteiger partial charge >= 0.3 is 12.2 Å². The highest BCUT2D eigenvalue weighted by molar-refractivity contribution is 6.06. The van der Waals surface area contributed by atoms with E-state index in [1.165, 1.54) is 0 Å². The zero-order valence-electron chi connectivity index (χ0n) is 16.1. The molecule has 0 saturated carbocycles. The molecule has 1 aromatic carbocycles. The minimum Gasteiger partial charge on any atom is -0.445 e. The Kier molecular flexibility index (Phi) is 5.59. The van der Waals surface area contributed by atoms with Crippen LogP contribution in [0.5, 0.6) is 0 Å². The van der Waals surface area contributed by atoms with Crippen molar-refractivity contribution in [2.24, 2.45) is 0 Å². The second-order valence-electron chi connectivity index (χ2n) is 6.87. The van der Waals surface area contributed by atoms with Crippen LogP contribution in [0.1, 0.15) is 52.2 Å². The van der Waals surface area contributed by atoms with E-state index < -0.39 is 35.8 Å². The summed E-state index contributed by atoms with van der Waals surface area (Å²) in [7, 11) is 0. The van der Waals surface area contributed by atoms with Gasteiger partial charge in [-0.3, -0.25) is 4.79 Å². The van der Waals surface area contributed by atoms with Crippen LogP contribution >= 0.6 is 0 Å². The number of nitrogens with zero attached hydrogens (tertiary/aromatic N) is 2. The van der Waals surface area contributed by atoms with E-state index in [1.54, 1.807) is 46.8 Å². The topological polar surface area (TPSA) is 76.2 Å². The normalized spacial score (nSPS) is 19.6. The maximum Gasteiger partial charge on any atom is 0.436 e. The molecule has 1 saturated heterocycles. The highest BCUT2D eigenvalue weighted by Gasteiger charge is 2.65. The number of hydrogen-bond donors (Lipinski definition) is 0. The summed E-state index contributed by atoms with van der Waals surface area (Å²) >= 11 is 0. The van der Waals surface area contributed by atoms with Crippen LogP contribution in [0, 0.1) is 6.92 Å². The molecule has 7 heteroatoms. The van der Waals surface area contributed by atoms with Gasteiger partial charge in [0.15, 0.2) is 5.54 Å². The lowest BCUT2D eigenvalue weighted by molar-refractivity contribution is -0.204. The van der Waals surface area contributed by atoms with Gasteiger partial charge in [0.1, 0.15) is 0 Å². The second-order valence-corrected chi connectivity index (χ2v) is 6.87. The van der Waals surface area contributed by atoms with Gasteiger partial charge in [0.25, 0.3) is 5.91 Å². The number of ether oxygens (including phenoxy) is 2. The molecule has 26 heavy (non-hydrogen) atoms. The van der Waals surface area contributed by atoms with E-state index in [0.29, 0.717) is 12.0 Å². The Bertz CT molecular complexity index is 698. The molecule has 1 aliphatic rings. The maximum atomic E-state index is 13.0. The lowest BCUT2D eigenvalue weighted by Gasteiger charge is -2.54. The van der Waals surface area contributed by atoms with Crippen LogP contribution in [0.2, 0.25) is 0 Å². The first-order chi connectivity index (χ1) is 12.1. The molecule has 0 N–H and O–H groups in total. The first kappa shape index (κ1) is 19.8. The van der Waals surface area contributed by atoms with E-state index in [-0.39, 0.29) is 0 Å². The van der Waals surface area contributed by atoms with Gasteiger partial charge in [-0.05, 0) is 46.6 Å². The van der Waals surface area contributed by atoms with Crippen molar-refractivity contribution in [2.75, 3.05) is 0 Å². The Labute approximate surface area is 153 Å². The van der Waals surface area contributed by atoms with E-state index >= 15 is 0 Å². The van der Waals surface area contributed by atoms with Gasteiger partial charge in [-0.1, -0.05) is 36.8 Å². The summed E-state index contributed by atoms with van der Waals surface area (Å²) in [5, 5.41) is 1.80. The molecule has 0 aliphatic carbocycles. The quantitative estimate of drug-likeness (QED) is 0.815. The van der Waals surface area contributed by atoms with E-state index in [2.05, 4.69) is 0 Å². The highest BCUT2D eigenvalue weighted by atomic mass is 16.6. The summed E-state index contributed by atoms with van der Waals surface area (Å²) in [6.45, 7) is 10.5. The third-order valence-corrected chi connectivity index (χ3v) is 4.17. The molecule has 1 fully saturated rings. The Morgan fingerprint density at radius 2 is 1.50 bits per heavy atom. The van der Waals surface area contributed by atoms with Crippen LogP contribution in [0.4, 0.5) is 9.59 Å². The SMILES string of the molecule is CC[C@]1(c2ccc(C)cc2)C(=O)N(C(=O)OC(C)C)N1C(=O)OC(C)C. The van der Waals surface area contributed by atoms with Gasteiger partial charge in [0.05, 0.1) is 12.2 Å². The van der Waals surface area contributed by atoms with Crippen LogP contribution in [-0.2, 0) is 19.8 Å². The highest BCUT2D eigenvalue weighted by Crippen LogP contribution is 2.44. The number of hydrazine groups is 1. The molecule has 0 unspecified atom stereocenters. The van der Waals surface area contributed by atoms with Crippen molar-refractivity contribution in [2.45, 2.75) is 65.7 Å². The molecule has 1 atom stereocenters. The molecule has 0 aromatic heterocycles. The smallest absolute Gasteiger partial charge is 0.436 e. The van der Waals surface area contributed by atoms with Crippen LogP contribution in [0.3, 0.4) is 0 Å². The fourth-order valence-corrected chi connectivity index (χ4v) is 2.97. The monoisotopic (exact) mass is 362 g/mol. The van der Waals surface area contributed by atoms with Crippen molar-refractivity contribution >= 4 is 18.1 Å². The average Bonchev–Trinajstić information content (AvgIpc) is 2.53. The second kappa shape index (κ2) is 7.35. The Hall–Kier alpha value is -2.57. The molecule has 1 heterocycles. The van der Waals surface area contributed by atoms with E-state index in [0.717, 1.165) is 15.6 Å². The predicted octanol–water partition coefficient (Wildman–Crippen LogP) is 3.75. The van der Waals surface area contributed by atoms with Gasteiger partial charge in [0, 0.05) is 0 Å². The summed E-state index contributed by atoms with van der Waals surface area (Å²) < 4.78 is 10.4. The summed E-state index contributed by atoms with van der Waals surface area (Å²) in [4.78, 5) is 38.1. The average molecular weight is 362 g/mol. The van der Waals surface area contributed by atoms with Gasteiger partial charge in [-0.2, -0.15) is 5.01 Å². The summed E-state index contributed by atoms with van der Waals surface area (Å²) in [6, 6.07) is 7.30. The molecule has 3 amide bonds. The predicted molar refractivity (Wildman–Crippen MR) is 95.1 cm³/mol. The first-order valence-electron chi connectivity index (χ1n) is 8.78. The van der Waals surface area contributed by atoms with E-state index in [4.69, 9.17) is 9.47 Å². The standard InChI is InChI=1S/C19H26N2O5/c1-7-19(15-10-8-14(6)9-11-15)16(22)20(17(23)25-12(2)3)21(19)18(24)26-13(4)5/h8-13H,7H2,1-6H3/t19-/m0/s1. The minimum absolute atomic E-state index is 0.299. The Balaban J connectivity index is 2.48. The van der Waals surface area contributed by atoms with Crippen LogP contribution in [0.25, 0.3) is 0 Å². The molecule has 0 spiro atoms. The number of amides is 3. The van der Waals surface area contributed by atoms with Gasteiger partial charge in [-0.25, -0.2) is 9.59 Å². The number of rotatable bonds is 4. The van der Waals surface area contributed by atoms with Crippen LogP contribution in [-0.4, -0.2) is 40.3 Å². The first-order valence-corrected chi connectivity index (χ1v) is 8.78. The third kappa shape index (κ3) is 3.25. The summed E-state index contributed by atoms with van der Waals surface area (Å²) in [5.41, 5.74) is 0.374. The molecule has 2 rings (SSSR count). The molecule has 0 bridgehead atoms. The van der Waals surface area contributed by atoms with Gasteiger partial charge in [0.2, 0.25) is 0 Å². The number of hydrogen-bond acceptors (Lipinski definition) is 5. The number of benzene rings is 1. The van der Waals surface area contributed by atoms with Crippen molar-refractivity contribution in [3.8, 4) is 0 Å². The molecular formula is C19H26N2O5. The molecule has 1 aliphatic heterocycles. The fourth-order valence-electron chi connectivity index (χ4n) is 2.97. The zero-order valence-corrected chi connectivity index (χ0v) is 16.1. The van der Waals surface area contributed by atoms with Crippen molar-refractivity contribution in [3.63, 3.8) is 0 Å². The number of carbonyl (C=O) groups excluding carboxylic acids is 3. The van der Waals surface area contributed by atoms with Crippen molar-refractivity contribution in [1.29, 1.82) is 0 Å². The molecular weight excluding hydrogens is 336 g/mol. The van der Waals surface area contributed by atoms with Crippen molar-refractivity contribution in [1.82, 2.24) is 10.0 Å². The van der Waals surface area contributed by atoms with Crippen molar-refractivity contribution in [3.05, 3.63) is 35.4 Å². The molecule has 0 radical (unpaired) electrons. The minimum atomic E-state index is -1.28. The van der Waals surface area contributed by atoms with Gasteiger partial charge in [-0.15, -0.1) is 5.01 Å². The Morgan fingerprint density at radius 3 is 1.96 bits per heavy atom. The maximum absolute atomic E-state index is 13.0. The molecule has 142 valence electrons. The number of carbonyl (C=O) groups is 3. The molecule has 1 aromatic rings. The van der Waals surface area contributed by atoms with Crippen LogP contribution < -0.4 is 0 Å². The summed E-state index contributed by atoms with van der Waals surface area (Å²) in [5.74, 6) is -0.504. The number of aryl methyl sites for hydroxylation is 1. The van der Waals surface area contributed by atoms with E-state index in [1.807, 2.05) is 19.1 Å². The lowest BCUT2D eigenvalue weighted by atomic mass is 9.81. The fraction of sp³-hybridized carbons (Fsp3) is 0.526. The zero-order chi connectivity index (χ0) is 19.6. The number of imide groups is 1. The van der Waals surface area contributed by atoms with E-state index in [9.17, 15) is 14.4 Å². The largest absolute Gasteiger partial charge is 0.445 e. The summed E-state index contributed by atoms with van der Waals surface area (Å²) in [6.07, 6.45) is -2.17. The van der Waals surface area contributed by atoms with Crippen LogP contribution in [0.15, 0.2) is 24.3 Å². The lowest BCUT2D eigenvalue weighted by Crippen LogP contribution is -2.78.